The molecule has 2 aliphatic carbocycles. The number of alkyl halides is 6. The van der Waals surface area contributed by atoms with Gasteiger partial charge in [0, 0.05) is 0 Å². The molecule has 18 heavy (non-hydrogen) atoms. The fraction of sp³-hybridized carbons (Fsp3) is 0.778. The monoisotopic (exact) mass is 370 g/mol. The first-order valence-electron chi connectivity index (χ1n) is 4.91. The summed E-state index contributed by atoms with van der Waals surface area (Å²) in [6, 6.07) is 0. The Morgan fingerprint density at radius 3 is 1.50 bits per heavy atom. The summed E-state index contributed by atoms with van der Waals surface area (Å²) < 4.78 is 2.74. The zero-order valence-electron chi connectivity index (χ0n) is 8.30. The summed E-state index contributed by atoms with van der Waals surface area (Å²) in [7, 11) is 0. The Kier molecular flexibility index (Phi) is 2.73. The van der Waals surface area contributed by atoms with Gasteiger partial charge in [0.05, 0.1) is 22.6 Å². The van der Waals surface area contributed by atoms with Crippen LogP contribution in [-0.4, -0.2) is 36.8 Å². The third-order valence-corrected chi connectivity index (χ3v) is 8.66. The molecule has 1 saturated heterocycles. The van der Waals surface area contributed by atoms with Crippen molar-refractivity contribution in [1.29, 1.82) is 0 Å². The highest BCUT2D eigenvalue weighted by atomic mass is 35.5. The van der Waals surface area contributed by atoms with E-state index < -0.39 is 48.6 Å². The minimum Gasteiger partial charge on any atom is -0.393 e. The second kappa shape index (κ2) is 3.55. The average molecular weight is 373 g/mol. The molecule has 1 aliphatic heterocycles. The van der Waals surface area contributed by atoms with Crippen LogP contribution >= 0.6 is 69.6 Å². The van der Waals surface area contributed by atoms with Gasteiger partial charge in [-0.1, -0.05) is 23.2 Å². The number of cyclic esters (lactones) is 2. The first kappa shape index (κ1) is 13.8. The average Bonchev–Trinajstić information content (AvgIpc) is 2.68. The maximum atomic E-state index is 11.7. The van der Waals surface area contributed by atoms with Gasteiger partial charge in [-0.15, -0.1) is 46.4 Å². The fourth-order valence-corrected chi connectivity index (χ4v) is 6.46. The second-order valence-electron chi connectivity index (χ2n) is 4.61. The molecule has 0 aromatic rings. The van der Waals surface area contributed by atoms with Crippen LogP contribution in [0.1, 0.15) is 0 Å². The molecule has 0 spiro atoms. The molecule has 3 aliphatic rings. The molecule has 0 N–H and O–H groups in total. The van der Waals surface area contributed by atoms with Crippen molar-refractivity contribution in [3.8, 4) is 0 Å². The molecule has 100 valence electrons. The number of halogens is 6. The summed E-state index contributed by atoms with van der Waals surface area (Å²) in [5, 5.41) is -1.93. The van der Waals surface area contributed by atoms with E-state index in [9.17, 15) is 9.59 Å². The minimum atomic E-state index is -1.81. The second-order valence-corrected chi connectivity index (χ2v) is 8.13. The van der Waals surface area contributed by atoms with E-state index in [0.717, 1.165) is 0 Å². The Morgan fingerprint density at radius 1 is 0.833 bits per heavy atom. The van der Waals surface area contributed by atoms with Gasteiger partial charge in [-0.3, -0.25) is 9.59 Å². The summed E-state index contributed by atoms with van der Waals surface area (Å²) >= 11 is 37.4. The molecule has 6 atom stereocenters. The highest BCUT2D eigenvalue weighted by Crippen LogP contribution is 2.76. The van der Waals surface area contributed by atoms with E-state index in [1.807, 2.05) is 0 Å². The normalized spacial score (nSPS) is 56.8. The van der Waals surface area contributed by atoms with E-state index in [2.05, 4.69) is 4.74 Å². The predicted octanol–water partition coefficient (Wildman–Crippen LogP) is 2.67. The van der Waals surface area contributed by atoms with Crippen molar-refractivity contribution in [2.45, 2.75) is 24.8 Å². The summed E-state index contributed by atoms with van der Waals surface area (Å²) in [4.78, 5) is 20.2. The molecule has 3 fully saturated rings. The van der Waals surface area contributed by atoms with Crippen LogP contribution in [0.3, 0.4) is 0 Å². The zero-order valence-corrected chi connectivity index (χ0v) is 12.8. The lowest BCUT2D eigenvalue weighted by Gasteiger charge is -2.34. The third-order valence-electron chi connectivity index (χ3n) is 3.97. The number of hydrogen-bond acceptors (Lipinski definition) is 3. The van der Waals surface area contributed by atoms with Crippen molar-refractivity contribution < 1.29 is 14.3 Å². The molecule has 0 aromatic heterocycles. The van der Waals surface area contributed by atoms with E-state index in [-0.39, 0.29) is 0 Å². The Morgan fingerprint density at radius 2 is 1.17 bits per heavy atom. The Balaban J connectivity index is 2.30. The molecule has 9 heteroatoms. The zero-order chi connectivity index (χ0) is 13.7. The maximum absolute atomic E-state index is 11.7. The first-order chi connectivity index (χ1) is 8.11. The van der Waals surface area contributed by atoms with E-state index in [4.69, 9.17) is 69.6 Å². The summed E-state index contributed by atoms with van der Waals surface area (Å²) in [6.45, 7) is 0. The van der Waals surface area contributed by atoms with Crippen molar-refractivity contribution in [3.05, 3.63) is 0 Å². The molecule has 0 amide bonds. The van der Waals surface area contributed by atoms with Crippen LogP contribution in [0.15, 0.2) is 0 Å². The van der Waals surface area contributed by atoms with Gasteiger partial charge in [0.1, 0.15) is 9.75 Å². The molecular formula is C9H4Cl6O3. The number of hydrogen-bond donors (Lipinski definition) is 0. The lowest BCUT2D eigenvalue weighted by Crippen LogP contribution is -2.51. The molecule has 0 aromatic carbocycles. The minimum absolute atomic E-state index is 0.817. The number of esters is 2. The predicted molar refractivity (Wildman–Crippen MR) is 69.0 cm³/mol. The maximum Gasteiger partial charge on any atom is 0.319 e. The van der Waals surface area contributed by atoms with E-state index in [1.165, 1.54) is 0 Å². The topological polar surface area (TPSA) is 43.4 Å². The number of ether oxygens (including phenoxy) is 1. The van der Waals surface area contributed by atoms with Gasteiger partial charge in [0.25, 0.3) is 0 Å². The standard InChI is InChI=1S/C9H4Cl6O3/c10-3-4(11)8(13)2-1(5(16)18-6(2)17)7(3,12)9(8,14)15/h1-4H. The SMILES string of the molecule is O=C1OC(=O)C2C1C1(Cl)C(Cl)C(Cl)C2(Cl)C1(Cl)Cl. The van der Waals surface area contributed by atoms with Crippen LogP contribution in [0.25, 0.3) is 0 Å². The van der Waals surface area contributed by atoms with Crippen molar-refractivity contribution in [2.75, 3.05) is 0 Å². The van der Waals surface area contributed by atoms with Gasteiger partial charge in [-0.25, -0.2) is 0 Å². The van der Waals surface area contributed by atoms with Crippen molar-refractivity contribution in [3.63, 3.8) is 0 Å². The van der Waals surface area contributed by atoms with Crippen LogP contribution in [0, 0.1) is 11.8 Å². The molecule has 3 rings (SSSR count). The lowest BCUT2D eigenvalue weighted by molar-refractivity contribution is -0.154. The molecule has 2 bridgehead atoms. The Labute approximate surface area is 132 Å². The Hall–Kier alpha value is 0.880. The highest BCUT2D eigenvalue weighted by Gasteiger charge is 2.90. The Bertz CT molecular complexity index is 441. The first-order valence-corrected chi connectivity index (χ1v) is 7.29. The molecule has 6 unspecified atom stereocenters. The van der Waals surface area contributed by atoms with E-state index in [0.29, 0.717) is 0 Å². The lowest BCUT2D eigenvalue weighted by atomic mass is 9.79. The van der Waals surface area contributed by atoms with Crippen LogP contribution in [0.4, 0.5) is 0 Å². The van der Waals surface area contributed by atoms with Crippen LogP contribution < -0.4 is 0 Å². The summed E-state index contributed by atoms with van der Waals surface area (Å²) in [5.74, 6) is -3.81. The van der Waals surface area contributed by atoms with E-state index >= 15 is 0 Å². The summed E-state index contributed by atoms with van der Waals surface area (Å²) in [6.07, 6.45) is 0. The van der Waals surface area contributed by atoms with Gasteiger partial charge in [-0.05, 0) is 0 Å². The van der Waals surface area contributed by atoms with Gasteiger partial charge >= 0.3 is 11.9 Å². The van der Waals surface area contributed by atoms with Gasteiger partial charge in [-0.2, -0.15) is 0 Å². The smallest absolute Gasteiger partial charge is 0.319 e. The number of carbonyl (C=O) groups is 2. The van der Waals surface area contributed by atoms with Crippen molar-refractivity contribution in [2.24, 2.45) is 11.8 Å². The summed E-state index contributed by atoms with van der Waals surface area (Å²) in [5.41, 5.74) is 0. The van der Waals surface area contributed by atoms with Crippen LogP contribution in [-0.2, 0) is 14.3 Å². The van der Waals surface area contributed by atoms with Gasteiger partial charge in [0.15, 0.2) is 4.33 Å². The van der Waals surface area contributed by atoms with Crippen LogP contribution in [0.5, 0.6) is 0 Å². The van der Waals surface area contributed by atoms with Gasteiger partial charge < -0.3 is 4.74 Å². The fourth-order valence-electron chi connectivity index (χ4n) is 3.13. The highest BCUT2D eigenvalue weighted by molar-refractivity contribution is 6.63. The molecule has 0 radical (unpaired) electrons. The molecular weight excluding hydrogens is 369 g/mol. The largest absolute Gasteiger partial charge is 0.393 e. The quantitative estimate of drug-likeness (QED) is 0.373. The van der Waals surface area contributed by atoms with E-state index in [1.54, 1.807) is 0 Å². The number of fused-ring (bicyclic) bond motifs is 5. The molecule has 2 saturated carbocycles. The molecule has 1 heterocycles. The number of carbonyl (C=O) groups excluding carboxylic acids is 2. The number of rotatable bonds is 0. The third kappa shape index (κ3) is 1.08. The molecule has 3 nitrogen and oxygen atoms in total. The van der Waals surface area contributed by atoms with Crippen molar-refractivity contribution >= 4 is 81.5 Å². The van der Waals surface area contributed by atoms with Gasteiger partial charge in [0.2, 0.25) is 0 Å². The van der Waals surface area contributed by atoms with Crippen LogP contribution in [0.2, 0.25) is 0 Å². The van der Waals surface area contributed by atoms with Crippen molar-refractivity contribution in [1.82, 2.24) is 0 Å².